The van der Waals surface area contributed by atoms with Gasteiger partial charge in [0.15, 0.2) is 0 Å². The predicted octanol–water partition coefficient (Wildman–Crippen LogP) is 3.28. The quantitative estimate of drug-likeness (QED) is 0.871. The molecule has 114 valence electrons. The third-order valence-corrected chi connectivity index (χ3v) is 3.05. The maximum Gasteiger partial charge on any atom is 0.220 e. The van der Waals surface area contributed by atoms with E-state index >= 15 is 0 Å². The van der Waals surface area contributed by atoms with Crippen LogP contribution in [-0.2, 0) is 4.79 Å². The smallest absolute Gasteiger partial charge is 0.220 e. The Labute approximate surface area is 124 Å². The summed E-state index contributed by atoms with van der Waals surface area (Å²) in [4.78, 5) is 11.1. The van der Waals surface area contributed by atoms with Gasteiger partial charge in [-0.3, -0.25) is 4.79 Å². The van der Waals surface area contributed by atoms with Gasteiger partial charge in [-0.15, -0.1) is 0 Å². The third-order valence-electron chi connectivity index (χ3n) is 3.05. The molecule has 1 unspecified atom stereocenters. The molecule has 1 aliphatic heterocycles. The Morgan fingerprint density at radius 2 is 1.65 bits per heavy atom. The van der Waals surface area contributed by atoms with Crippen molar-refractivity contribution in [1.29, 1.82) is 0 Å². The Morgan fingerprint density at radius 3 is 2.00 bits per heavy atom. The lowest BCUT2D eigenvalue weighted by molar-refractivity contribution is -0.119. The first-order chi connectivity index (χ1) is 9.58. The van der Waals surface area contributed by atoms with Gasteiger partial charge in [-0.1, -0.05) is 52.0 Å². The maximum atomic E-state index is 11.1. The second kappa shape index (κ2) is 10.4. The molecule has 0 bridgehead atoms. The molecule has 0 aromatic heterocycles. The van der Waals surface area contributed by atoms with E-state index in [2.05, 4.69) is 48.7 Å². The van der Waals surface area contributed by atoms with E-state index in [4.69, 9.17) is 0 Å². The van der Waals surface area contributed by atoms with E-state index in [-0.39, 0.29) is 5.91 Å². The molecular formula is C17H30N2O. The summed E-state index contributed by atoms with van der Waals surface area (Å²) < 4.78 is 0. The molecule has 0 saturated carbocycles. The SMILES string of the molecule is CC.CC(C)c1ccc(C2CNC(=O)C2)cc1.CNC. The molecule has 1 aromatic rings. The number of carbonyl (C=O) groups excluding carboxylic acids is 1. The monoisotopic (exact) mass is 278 g/mol. The molecule has 2 N–H and O–H groups in total. The molecule has 2 rings (SSSR count). The van der Waals surface area contributed by atoms with Gasteiger partial charge in [-0.2, -0.15) is 0 Å². The zero-order valence-electron chi connectivity index (χ0n) is 13.8. The van der Waals surface area contributed by atoms with Gasteiger partial charge in [0.1, 0.15) is 0 Å². The van der Waals surface area contributed by atoms with Crippen molar-refractivity contribution in [2.45, 2.75) is 46.0 Å². The van der Waals surface area contributed by atoms with E-state index in [1.807, 2.05) is 27.9 Å². The van der Waals surface area contributed by atoms with Crippen molar-refractivity contribution in [3.63, 3.8) is 0 Å². The molecule has 1 saturated heterocycles. The fourth-order valence-corrected chi connectivity index (χ4v) is 1.99. The lowest BCUT2D eigenvalue weighted by Crippen LogP contribution is -2.13. The highest BCUT2D eigenvalue weighted by atomic mass is 16.1. The fourth-order valence-electron chi connectivity index (χ4n) is 1.99. The Kier molecular flexibility index (Phi) is 9.73. The van der Waals surface area contributed by atoms with Crippen LogP contribution in [0.4, 0.5) is 0 Å². The highest BCUT2D eigenvalue weighted by Crippen LogP contribution is 2.24. The lowest BCUT2D eigenvalue weighted by Gasteiger charge is -2.10. The summed E-state index contributed by atoms with van der Waals surface area (Å²) in [6, 6.07) is 8.64. The summed E-state index contributed by atoms with van der Waals surface area (Å²) >= 11 is 0. The fraction of sp³-hybridized carbons (Fsp3) is 0.588. The van der Waals surface area contributed by atoms with E-state index in [0.29, 0.717) is 18.3 Å². The maximum absolute atomic E-state index is 11.1. The number of hydrogen-bond donors (Lipinski definition) is 2. The molecular weight excluding hydrogens is 248 g/mol. The van der Waals surface area contributed by atoms with Crippen LogP contribution in [0, 0.1) is 0 Å². The first-order valence-corrected chi connectivity index (χ1v) is 7.53. The summed E-state index contributed by atoms with van der Waals surface area (Å²) in [6.07, 6.45) is 0.640. The third kappa shape index (κ3) is 6.20. The van der Waals surface area contributed by atoms with Crippen LogP contribution in [0.3, 0.4) is 0 Å². The standard InChI is InChI=1S/C13H17NO.C2H7N.C2H6/c1-9(2)10-3-5-11(6-4-10)12-7-13(15)14-8-12;1-3-2;1-2/h3-6,9,12H,7-8H2,1-2H3,(H,14,15);3H,1-2H3;1-2H3. The molecule has 0 aliphatic carbocycles. The van der Waals surface area contributed by atoms with E-state index in [1.165, 1.54) is 11.1 Å². The van der Waals surface area contributed by atoms with E-state index in [1.54, 1.807) is 0 Å². The van der Waals surface area contributed by atoms with Crippen LogP contribution < -0.4 is 10.6 Å². The van der Waals surface area contributed by atoms with Gasteiger partial charge >= 0.3 is 0 Å². The Morgan fingerprint density at radius 1 is 1.15 bits per heavy atom. The largest absolute Gasteiger partial charge is 0.355 e. The lowest BCUT2D eigenvalue weighted by atomic mass is 9.95. The van der Waals surface area contributed by atoms with E-state index < -0.39 is 0 Å². The molecule has 1 heterocycles. The van der Waals surface area contributed by atoms with Gasteiger partial charge < -0.3 is 10.6 Å². The topological polar surface area (TPSA) is 41.1 Å². The second-order valence-electron chi connectivity index (χ2n) is 5.03. The van der Waals surface area contributed by atoms with Crippen molar-refractivity contribution in [3.8, 4) is 0 Å². The van der Waals surface area contributed by atoms with Crippen molar-refractivity contribution in [3.05, 3.63) is 35.4 Å². The Bertz CT molecular complexity index is 371. The molecule has 1 atom stereocenters. The van der Waals surface area contributed by atoms with Gasteiger partial charge in [-0.25, -0.2) is 0 Å². The minimum absolute atomic E-state index is 0.174. The number of nitrogens with one attached hydrogen (secondary N) is 2. The number of benzene rings is 1. The highest BCUT2D eigenvalue weighted by Gasteiger charge is 2.22. The molecule has 3 nitrogen and oxygen atoms in total. The van der Waals surface area contributed by atoms with Crippen molar-refractivity contribution >= 4 is 5.91 Å². The van der Waals surface area contributed by atoms with Gasteiger partial charge in [0.25, 0.3) is 0 Å². The van der Waals surface area contributed by atoms with Crippen molar-refractivity contribution < 1.29 is 4.79 Å². The summed E-state index contributed by atoms with van der Waals surface area (Å²) in [7, 11) is 3.75. The summed E-state index contributed by atoms with van der Waals surface area (Å²) in [5, 5.41) is 5.62. The van der Waals surface area contributed by atoms with E-state index in [9.17, 15) is 4.79 Å². The average molecular weight is 278 g/mol. The van der Waals surface area contributed by atoms with Gasteiger partial charge in [0.2, 0.25) is 5.91 Å². The Hall–Kier alpha value is -1.35. The van der Waals surface area contributed by atoms with Crippen molar-refractivity contribution in [2.75, 3.05) is 20.6 Å². The van der Waals surface area contributed by atoms with Gasteiger partial charge in [-0.05, 0) is 31.1 Å². The molecule has 0 radical (unpaired) electrons. The van der Waals surface area contributed by atoms with Gasteiger partial charge in [0.05, 0.1) is 0 Å². The minimum Gasteiger partial charge on any atom is -0.355 e. The molecule has 0 spiro atoms. The van der Waals surface area contributed by atoms with Crippen LogP contribution >= 0.6 is 0 Å². The molecule has 1 fully saturated rings. The molecule has 1 amide bonds. The molecule has 20 heavy (non-hydrogen) atoms. The summed E-state index contributed by atoms with van der Waals surface area (Å²) in [5.74, 6) is 1.12. The minimum atomic E-state index is 0.174. The summed E-state index contributed by atoms with van der Waals surface area (Å²) in [6.45, 7) is 9.17. The Balaban J connectivity index is 0.000000641. The highest BCUT2D eigenvalue weighted by molar-refractivity contribution is 5.79. The van der Waals surface area contributed by atoms with Crippen LogP contribution in [0.25, 0.3) is 0 Å². The zero-order chi connectivity index (χ0) is 15.5. The van der Waals surface area contributed by atoms with E-state index in [0.717, 1.165) is 6.54 Å². The molecule has 1 aromatic carbocycles. The van der Waals surface area contributed by atoms with Crippen LogP contribution in [0.5, 0.6) is 0 Å². The molecule has 1 aliphatic rings. The number of carbonyl (C=O) groups is 1. The van der Waals surface area contributed by atoms with Gasteiger partial charge in [0, 0.05) is 18.9 Å². The van der Waals surface area contributed by atoms with Crippen LogP contribution in [-0.4, -0.2) is 26.5 Å². The number of amides is 1. The number of rotatable bonds is 2. The molecule has 3 heteroatoms. The predicted molar refractivity (Wildman–Crippen MR) is 87.2 cm³/mol. The zero-order valence-corrected chi connectivity index (χ0v) is 13.8. The normalized spacial score (nSPS) is 16.8. The second-order valence-corrected chi connectivity index (χ2v) is 5.03. The van der Waals surface area contributed by atoms with Crippen LogP contribution in [0.15, 0.2) is 24.3 Å². The van der Waals surface area contributed by atoms with Crippen molar-refractivity contribution in [2.24, 2.45) is 0 Å². The first-order valence-electron chi connectivity index (χ1n) is 7.53. The summed E-state index contributed by atoms with van der Waals surface area (Å²) in [5.41, 5.74) is 2.63. The average Bonchev–Trinajstić information content (AvgIpc) is 2.89. The van der Waals surface area contributed by atoms with Crippen LogP contribution in [0.1, 0.15) is 57.1 Å². The van der Waals surface area contributed by atoms with Crippen molar-refractivity contribution in [1.82, 2.24) is 10.6 Å². The number of hydrogen-bond acceptors (Lipinski definition) is 2. The first kappa shape index (κ1) is 18.7. The van der Waals surface area contributed by atoms with Crippen LogP contribution in [0.2, 0.25) is 0 Å².